The standard InChI is InChI=1S/C13H21N3O2S/c1-14-7-11-6-13(8-15-11)19(17,18)16(12-4-5-12)9-10-2-3-10/h6,8,10,12,14-15H,2-5,7,9H2,1H3. The third kappa shape index (κ3) is 2.85. The van der Waals surface area contributed by atoms with Gasteiger partial charge in [-0.1, -0.05) is 0 Å². The van der Waals surface area contributed by atoms with Crippen molar-refractivity contribution >= 4 is 10.0 Å². The number of hydrogen-bond donors (Lipinski definition) is 2. The normalized spacial score (nSPS) is 20.1. The molecule has 0 spiro atoms. The van der Waals surface area contributed by atoms with E-state index < -0.39 is 10.0 Å². The Morgan fingerprint density at radius 2 is 2.11 bits per heavy atom. The summed E-state index contributed by atoms with van der Waals surface area (Å²) in [5.41, 5.74) is 0.906. The molecule has 1 aromatic heterocycles. The Balaban J connectivity index is 1.81. The maximum atomic E-state index is 12.7. The van der Waals surface area contributed by atoms with E-state index in [9.17, 15) is 8.42 Å². The van der Waals surface area contributed by atoms with Crippen LogP contribution >= 0.6 is 0 Å². The van der Waals surface area contributed by atoms with Gasteiger partial charge in [-0.05, 0) is 44.7 Å². The summed E-state index contributed by atoms with van der Waals surface area (Å²) in [5, 5.41) is 3.02. The Hall–Kier alpha value is -0.850. The van der Waals surface area contributed by atoms with Crippen molar-refractivity contribution in [2.45, 2.75) is 43.2 Å². The maximum absolute atomic E-state index is 12.7. The van der Waals surface area contributed by atoms with E-state index in [2.05, 4.69) is 10.3 Å². The van der Waals surface area contributed by atoms with Crippen LogP contribution in [0.4, 0.5) is 0 Å². The van der Waals surface area contributed by atoms with E-state index in [0.717, 1.165) is 18.5 Å². The minimum absolute atomic E-state index is 0.244. The van der Waals surface area contributed by atoms with Crippen LogP contribution in [0.5, 0.6) is 0 Å². The summed E-state index contributed by atoms with van der Waals surface area (Å²) < 4.78 is 27.1. The number of H-pyrrole nitrogens is 1. The SMILES string of the molecule is CNCc1cc(S(=O)(=O)N(CC2CC2)C2CC2)c[nH]1. The van der Waals surface area contributed by atoms with Gasteiger partial charge < -0.3 is 10.3 Å². The number of sulfonamides is 1. The van der Waals surface area contributed by atoms with Gasteiger partial charge in [0.2, 0.25) is 10.0 Å². The van der Waals surface area contributed by atoms with Gasteiger partial charge in [-0.3, -0.25) is 0 Å². The van der Waals surface area contributed by atoms with E-state index in [0.29, 0.717) is 23.9 Å². The molecule has 0 radical (unpaired) electrons. The highest BCUT2D eigenvalue weighted by Gasteiger charge is 2.41. The number of nitrogens with one attached hydrogen (secondary N) is 2. The molecule has 0 saturated heterocycles. The van der Waals surface area contributed by atoms with Crippen molar-refractivity contribution in [3.05, 3.63) is 18.0 Å². The highest BCUT2D eigenvalue weighted by Crippen LogP contribution is 2.38. The van der Waals surface area contributed by atoms with Crippen LogP contribution in [0.25, 0.3) is 0 Å². The third-order valence-electron chi connectivity index (χ3n) is 3.78. The van der Waals surface area contributed by atoms with Crippen molar-refractivity contribution in [3.63, 3.8) is 0 Å². The lowest BCUT2D eigenvalue weighted by Crippen LogP contribution is -2.34. The summed E-state index contributed by atoms with van der Waals surface area (Å²) in [5.74, 6) is 0.589. The van der Waals surface area contributed by atoms with Gasteiger partial charge in [-0.15, -0.1) is 0 Å². The van der Waals surface area contributed by atoms with Crippen molar-refractivity contribution in [3.8, 4) is 0 Å². The van der Waals surface area contributed by atoms with Gasteiger partial charge in [0.1, 0.15) is 0 Å². The predicted octanol–water partition coefficient (Wildman–Crippen LogP) is 1.30. The molecule has 2 aliphatic rings. The molecule has 0 aliphatic heterocycles. The second-order valence-corrected chi connectivity index (χ2v) is 7.53. The van der Waals surface area contributed by atoms with E-state index in [1.807, 2.05) is 7.05 Å². The van der Waals surface area contributed by atoms with E-state index in [1.54, 1.807) is 16.6 Å². The number of rotatable bonds is 7. The topological polar surface area (TPSA) is 65.2 Å². The highest BCUT2D eigenvalue weighted by atomic mass is 32.2. The van der Waals surface area contributed by atoms with Crippen LogP contribution in [0.1, 0.15) is 31.4 Å². The molecule has 6 heteroatoms. The summed E-state index contributed by atoms with van der Waals surface area (Å²) in [6.45, 7) is 1.36. The molecule has 106 valence electrons. The predicted molar refractivity (Wildman–Crippen MR) is 73.2 cm³/mol. The average Bonchev–Trinajstić information content (AvgIpc) is 3.27. The minimum atomic E-state index is -3.32. The smallest absolute Gasteiger partial charge is 0.244 e. The first-order valence-corrected chi connectivity index (χ1v) is 8.39. The molecule has 0 atom stereocenters. The summed E-state index contributed by atoms with van der Waals surface area (Å²) in [4.78, 5) is 3.44. The molecular formula is C13H21N3O2S. The molecule has 0 bridgehead atoms. The highest BCUT2D eigenvalue weighted by molar-refractivity contribution is 7.89. The first kappa shape index (κ1) is 13.1. The van der Waals surface area contributed by atoms with E-state index in [1.165, 1.54) is 12.8 Å². The Morgan fingerprint density at radius 1 is 1.37 bits per heavy atom. The summed E-state index contributed by atoms with van der Waals surface area (Å²) in [6, 6.07) is 1.99. The number of aromatic amines is 1. The van der Waals surface area contributed by atoms with Gasteiger partial charge in [0.15, 0.2) is 0 Å². The van der Waals surface area contributed by atoms with Gasteiger partial charge in [0, 0.05) is 31.0 Å². The lowest BCUT2D eigenvalue weighted by atomic mass is 10.4. The van der Waals surface area contributed by atoms with Gasteiger partial charge in [-0.25, -0.2) is 8.42 Å². The monoisotopic (exact) mass is 283 g/mol. The lowest BCUT2D eigenvalue weighted by molar-refractivity contribution is 0.389. The molecule has 3 rings (SSSR count). The van der Waals surface area contributed by atoms with Crippen molar-refractivity contribution in [1.82, 2.24) is 14.6 Å². The molecule has 0 amide bonds. The molecule has 0 unspecified atom stereocenters. The average molecular weight is 283 g/mol. The van der Waals surface area contributed by atoms with Crippen LogP contribution in [0.2, 0.25) is 0 Å². The Bertz CT molecular complexity index is 544. The fourth-order valence-electron chi connectivity index (χ4n) is 2.36. The molecule has 2 aliphatic carbocycles. The quantitative estimate of drug-likeness (QED) is 0.792. The third-order valence-corrected chi connectivity index (χ3v) is 5.68. The zero-order chi connectivity index (χ0) is 13.5. The van der Waals surface area contributed by atoms with Crippen molar-refractivity contribution < 1.29 is 8.42 Å². The zero-order valence-corrected chi connectivity index (χ0v) is 12.0. The number of nitrogens with zero attached hydrogens (tertiary/aromatic N) is 1. The van der Waals surface area contributed by atoms with Crippen molar-refractivity contribution in [2.75, 3.05) is 13.6 Å². The number of aromatic nitrogens is 1. The van der Waals surface area contributed by atoms with Crippen molar-refractivity contribution in [2.24, 2.45) is 5.92 Å². The second-order valence-electron chi connectivity index (χ2n) is 5.64. The van der Waals surface area contributed by atoms with E-state index in [-0.39, 0.29) is 6.04 Å². The molecule has 1 heterocycles. The first-order chi connectivity index (χ1) is 9.11. The zero-order valence-electron chi connectivity index (χ0n) is 11.2. The summed E-state index contributed by atoms with van der Waals surface area (Å²) >= 11 is 0. The Kier molecular flexibility index (Phi) is 3.41. The summed E-state index contributed by atoms with van der Waals surface area (Å²) in [6.07, 6.45) is 6.00. The van der Waals surface area contributed by atoms with Crippen LogP contribution in [0.15, 0.2) is 17.2 Å². The molecule has 2 N–H and O–H groups in total. The van der Waals surface area contributed by atoms with Gasteiger partial charge >= 0.3 is 0 Å². The first-order valence-electron chi connectivity index (χ1n) is 6.95. The van der Waals surface area contributed by atoms with Crippen LogP contribution < -0.4 is 5.32 Å². The number of hydrogen-bond acceptors (Lipinski definition) is 3. The molecule has 19 heavy (non-hydrogen) atoms. The molecule has 5 nitrogen and oxygen atoms in total. The Labute approximate surface area is 114 Å². The largest absolute Gasteiger partial charge is 0.363 e. The maximum Gasteiger partial charge on any atom is 0.244 e. The minimum Gasteiger partial charge on any atom is -0.363 e. The lowest BCUT2D eigenvalue weighted by Gasteiger charge is -2.20. The van der Waals surface area contributed by atoms with Crippen LogP contribution in [-0.4, -0.2) is 37.3 Å². The fourth-order valence-corrected chi connectivity index (χ4v) is 4.14. The van der Waals surface area contributed by atoms with Gasteiger partial charge in [0.05, 0.1) is 4.90 Å². The van der Waals surface area contributed by atoms with Crippen LogP contribution in [0, 0.1) is 5.92 Å². The molecular weight excluding hydrogens is 262 g/mol. The Morgan fingerprint density at radius 3 is 2.68 bits per heavy atom. The van der Waals surface area contributed by atoms with Crippen LogP contribution in [0.3, 0.4) is 0 Å². The van der Waals surface area contributed by atoms with Gasteiger partial charge in [-0.2, -0.15) is 4.31 Å². The van der Waals surface area contributed by atoms with E-state index in [4.69, 9.17) is 0 Å². The molecule has 2 saturated carbocycles. The summed E-state index contributed by atoms with van der Waals surface area (Å²) in [7, 11) is -1.47. The molecule has 0 aromatic carbocycles. The fraction of sp³-hybridized carbons (Fsp3) is 0.692. The molecule has 2 fully saturated rings. The molecule has 1 aromatic rings. The van der Waals surface area contributed by atoms with Crippen molar-refractivity contribution in [1.29, 1.82) is 0 Å². The van der Waals surface area contributed by atoms with Gasteiger partial charge in [0.25, 0.3) is 0 Å². The van der Waals surface area contributed by atoms with E-state index >= 15 is 0 Å². The van der Waals surface area contributed by atoms with Crippen LogP contribution in [-0.2, 0) is 16.6 Å². The second kappa shape index (κ2) is 4.92.